The van der Waals surface area contributed by atoms with Gasteiger partial charge in [-0.15, -0.1) is 0 Å². The monoisotopic (exact) mass is 194 g/mol. The summed E-state index contributed by atoms with van der Waals surface area (Å²) in [4.78, 5) is 4.28. The van der Waals surface area contributed by atoms with Gasteiger partial charge < -0.3 is 4.89 Å². The third-order valence-corrected chi connectivity index (χ3v) is 2.30. The molecule has 14 heavy (non-hydrogen) atoms. The van der Waals surface area contributed by atoms with Gasteiger partial charge in [-0.2, -0.15) is 0 Å². The minimum Gasteiger partial charge on any atom is -0.345 e. The predicted octanol–water partition coefficient (Wildman–Crippen LogP) is 3.83. The highest BCUT2D eigenvalue weighted by atomic mass is 17.1. The number of allylic oxidation sites excluding steroid dienone is 6. The molecule has 0 saturated carbocycles. The van der Waals surface area contributed by atoms with Crippen molar-refractivity contribution in [1.29, 1.82) is 0 Å². The minimum atomic E-state index is 0.648. The maximum Gasteiger partial charge on any atom is 0.142 e. The molecule has 0 amide bonds. The molecular formula is C12H18O2. The van der Waals surface area contributed by atoms with Crippen LogP contribution in [0.15, 0.2) is 36.1 Å². The molecule has 0 fully saturated rings. The van der Waals surface area contributed by atoms with Crippen LogP contribution >= 0.6 is 0 Å². The van der Waals surface area contributed by atoms with Gasteiger partial charge in [0.2, 0.25) is 0 Å². The Balaban J connectivity index is 2.50. The average molecular weight is 194 g/mol. The topological polar surface area (TPSA) is 29.5 Å². The second-order valence-electron chi connectivity index (χ2n) is 3.49. The molecule has 0 heterocycles. The summed E-state index contributed by atoms with van der Waals surface area (Å²) in [6.45, 7) is 0. The highest BCUT2D eigenvalue weighted by Gasteiger charge is 1.97. The van der Waals surface area contributed by atoms with Crippen molar-refractivity contribution in [3.05, 3.63) is 36.1 Å². The van der Waals surface area contributed by atoms with Crippen LogP contribution in [0.2, 0.25) is 0 Å². The molecular weight excluding hydrogens is 176 g/mol. The Kier molecular flexibility index (Phi) is 5.84. The number of hydrogen-bond donors (Lipinski definition) is 1. The van der Waals surface area contributed by atoms with E-state index < -0.39 is 0 Å². The molecule has 0 unspecified atom stereocenters. The van der Waals surface area contributed by atoms with Crippen molar-refractivity contribution >= 4 is 0 Å². The van der Waals surface area contributed by atoms with Crippen LogP contribution in [0.4, 0.5) is 0 Å². The van der Waals surface area contributed by atoms with E-state index in [2.05, 4.69) is 11.0 Å². The first kappa shape index (κ1) is 11.1. The van der Waals surface area contributed by atoms with Gasteiger partial charge in [0.05, 0.1) is 0 Å². The fourth-order valence-electron chi connectivity index (χ4n) is 1.48. The molecule has 78 valence electrons. The summed E-state index contributed by atoms with van der Waals surface area (Å²) in [5.41, 5.74) is 0. The summed E-state index contributed by atoms with van der Waals surface area (Å²) in [5.74, 6) is 0.648. The molecule has 0 aromatic carbocycles. The molecule has 0 spiro atoms. The van der Waals surface area contributed by atoms with Crippen molar-refractivity contribution in [2.45, 2.75) is 38.5 Å². The van der Waals surface area contributed by atoms with E-state index in [0.29, 0.717) is 5.76 Å². The highest BCUT2D eigenvalue weighted by Crippen LogP contribution is 2.12. The fourth-order valence-corrected chi connectivity index (χ4v) is 1.48. The summed E-state index contributed by atoms with van der Waals surface area (Å²) < 4.78 is 0. The third-order valence-electron chi connectivity index (χ3n) is 2.30. The molecule has 1 aliphatic carbocycles. The van der Waals surface area contributed by atoms with Gasteiger partial charge in [0, 0.05) is 6.42 Å². The Bertz CT molecular complexity index is 226. The van der Waals surface area contributed by atoms with E-state index in [0.717, 1.165) is 19.3 Å². The van der Waals surface area contributed by atoms with Gasteiger partial charge in [0.15, 0.2) is 0 Å². The zero-order valence-corrected chi connectivity index (χ0v) is 8.48. The molecule has 0 bridgehead atoms. The summed E-state index contributed by atoms with van der Waals surface area (Å²) >= 11 is 0. The van der Waals surface area contributed by atoms with Crippen molar-refractivity contribution in [2.75, 3.05) is 0 Å². The standard InChI is InChI=1S/C12H18O2/c13-14-12-10-8-6-4-2-1-3-5-7-9-11-12/h2,4,6,8,10,13H,1,3,5,7,9,11H2. The van der Waals surface area contributed by atoms with Crippen LogP contribution in [0.25, 0.3) is 0 Å². The Morgan fingerprint density at radius 2 is 1.86 bits per heavy atom. The Labute approximate surface area is 85.5 Å². The summed E-state index contributed by atoms with van der Waals surface area (Å²) in [6.07, 6.45) is 16.7. The first-order chi connectivity index (χ1) is 6.93. The molecule has 0 atom stereocenters. The van der Waals surface area contributed by atoms with E-state index >= 15 is 0 Å². The first-order valence-electron chi connectivity index (χ1n) is 5.27. The largest absolute Gasteiger partial charge is 0.345 e. The summed E-state index contributed by atoms with van der Waals surface area (Å²) in [7, 11) is 0. The molecule has 1 N–H and O–H groups in total. The van der Waals surface area contributed by atoms with Gasteiger partial charge in [-0.05, 0) is 25.3 Å². The second kappa shape index (κ2) is 7.39. The van der Waals surface area contributed by atoms with Crippen LogP contribution in [0, 0.1) is 0 Å². The van der Waals surface area contributed by atoms with Crippen molar-refractivity contribution < 1.29 is 10.1 Å². The van der Waals surface area contributed by atoms with Crippen molar-refractivity contribution in [3.8, 4) is 0 Å². The molecule has 1 rings (SSSR count). The Hall–Kier alpha value is -1.02. The summed E-state index contributed by atoms with van der Waals surface area (Å²) in [5, 5.41) is 8.58. The van der Waals surface area contributed by atoms with E-state index in [9.17, 15) is 0 Å². The quantitative estimate of drug-likeness (QED) is 0.508. The normalized spacial score (nSPS) is 19.4. The smallest absolute Gasteiger partial charge is 0.142 e. The SMILES string of the molecule is OOC1=CC=CC=CCCCCCC1. The molecule has 1 aliphatic rings. The average Bonchev–Trinajstić information content (AvgIpc) is 2.19. The lowest BCUT2D eigenvalue weighted by molar-refractivity contribution is -0.205. The van der Waals surface area contributed by atoms with E-state index in [1.165, 1.54) is 19.3 Å². The third kappa shape index (κ3) is 4.87. The van der Waals surface area contributed by atoms with Crippen LogP contribution in [-0.2, 0) is 4.89 Å². The molecule has 0 aromatic rings. The lowest BCUT2D eigenvalue weighted by Gasteiger charge is -2.03. The van der Waals surface area contributed by atoms with E-state index in [-0.39, 0.29) is 0 Å². The Morgan fingerprint density at radius 3 is 2.71 bits per heavy atom. The van der Waals surface area contributed by atoms with Crippen LogP contribution in [0.5, 0.6) is 0 Å². The zero-order chi connectivity index (χ0) is 10.1. The van der Waals surface area contributed by atoms with Gasteiger partial charge in [-0.3, -0.25) is 0 Å². The van der Waals surface area contributed by atoms with Gasteiger partial charge >= 0.3 is 0 Å². The molecule has 0 radical (unpaired) electrons. The van der Waals surface area contributed by atoms with E-state index in [4.69, 9.17) is 5.26 Å². The van der Waals surface area contributed by atoms with Crippen LogP contribution < -0.4 is 0 Å². The van der Waals surface area contributed by atoms with Crippen molar-refractivity contribution in [1.82, 2.24) is 0 Å². The minimum absolute atomic E-state index is 0.648. The fraction of sp³-hybridized carbons (Fsp3) is 0.500. The molecule has 2 nitrogen and oxygen atoms in total. The second-order valence-corrected chi connectivity index (χ2v) is 3.49. The maximum absolute atomic E-state index is 8.58. The van der Waals surface area contributed by atoms with Gasteiger partial charge in [0.25, 0.3) is 0 Å². The molecule has 0 saturated heterocycles. The van der Waals surface area contributed by atoms with E-state index in [1.807, 2.05) is 24.3 Å². The van der Waals surface area contributed by atoms with Crippen LogP contribution in [0.3, 0.4) is 0 Å². The van der Waals surface area contributed by atoms with Crippen molar-refractivity contribution in [3.63, 3.8) is 0 Å². The molecule has 2 heteroatoms. The van der Waals surface area contributed by atoms with E-state index in [1.54, 1.807) is 0 Å². The van der Waals surface area contributed by atoms with Crippen LogP contribution in [0.1, 0.15) is 38.5 Å². The number of hydrogen-bond acceptors (Lipinski definition) is 2. The van der Waals surface area contributed by atoms with Gasteiger partial charge in [0.1, 0.15) is 5.76 Å². The molecule has 0 aromatic heterocycles. The lowest BCUT2D eigenvalue weighted by atomic mass is 10.1. The summed E-state index contributed by atoms with van der Waals surface area (Å²) in [6, 6.07) is 0. The lowest BCUT2D eigenvalue weighted by Crippen LogP contribution is -1.88. The van der Waals surface area contributed by atoms with Gasteiger partial charge in [-0.1, -0.05) is 37.1 Å². The molecule has 0 aliphatic heterocycles. The van der Waals surface area contributed by atoms with Crippen molar-refractivity contribution in [2.24, 2.45) is 0 Å². The highest BCUT2D eigenvalue weighted by molar-refractivity contribution is 5.13. The number of rotatable bonds is 1. The van der Waals surface area contributed by atoms with Gasteiger partial charge in [-0.25, -0.2) is 5.26 Å². The maximum atomic E-state index is 8.58. The zero-order valence-electron chi connectivity index (χ0n) is 8.48. The predicted molar refractivity (Wildman–Crippen MR) is 57.8 cm³/mol. The Morgan fingerprint density at radius 1 is 1.00 bits per heavy atom. The van der Waals surface area contributed by atoms with Crippen LogP contribution in [-0.4, -0.2) is 5.26 Å². The first-order valence-corrected chi connectivity index (χ1v) is 5.27.